The predicted octanol–water partition coefficient (Wildman–Crippen LogP) is 7.64. The lowest BCUT2D eigenvalue weighted by Crippen LogP contribution is -1.87. The lowest BCUT2D eigenvalue weighted by molar-refractivity contribution is 0.866. The van der Waals surface area contributed by atoms with Crippen LogP contribution in [0.3, 0.4) is 0 Å². The summed E-state index contributed by atoms with van der Waals surface area (Å²) in [5.41, 5.74) is 4.60. The van der Waals surface area contributed by atoms with E-state index in [0.29, 0.717) is 5.92 Å². The van der Waals surface area contributed by atoms with E-state index in [1.807, 2.05) is 46.8 Å². The van der Waals surface area contributed by atoms with Crippen LogP contribution in [0.5, 0.6) is 0 Å². The van der Waals surface area contributed by atoms with E-state index in [0.717, 1.165) is 11.1 Å². The molecular weight excluding hydrogens is 252 g/mol. The molecule has 0 radical (unpaired) electrons. The van der Waals surface area contributed by atoms with Gasteiger partial charge in [-0.15, -0.1) is 0 Å². The zero-order chi connectivity index (χ0) is 16.1. The van der Waals surface area contributed by atoms with Crippen LogP contribution in [0.25, 0.3) is 5.57 Å². The van der Waals surface area contributed by atoms with Gasteiger partial charge in [0.15, 0.2) is 0 Å². The first-order valence-corrected chi connectivity index (χ1v) is 7.63. The maximum Gasteiger partial charge on any atom is -0.0190 e. The number of hydrogen-bond donors (Lipinski definition) is 0. The molecule has 0 unspecified atom stereocenters. The van der Waals surface area contributed by atoms with Crippen LogP contribution in [0, 0.1) is 0 Å². The van der Waals surface area contributed by atoms with Gasteiger partial charge in [-0.3, -0.25) is 0 Å². The first-order valence-electron chi connectivity index (χ1n) is 7.63. The monoisotopic (exact) mass is 288 g/mol. The maximum absolute atomic E-state index is 4.04. The van der Waals surface area contributed by atoms with Crippen LogP contribution in [0.1, 0.15) is 72.9 Å². The Kier molecular flexibility index (Phi) is 17.3. The standard InChI is InChI=1S/C16H20.2C2H6.CH4/c1-12(2)6-7-14(5)16-10-8-15(9-11-16)13(3)4;2*1-2;/h6-11,13H,1,5H2,2-4H3;2*1-2H3;1H4/b7-6-;;;. The van der Waals surface area contributed by atoms with Crippen molar-refractivity contribution >= 4 is 5.57 Å². The second-order valence-corrected chi connectivity index (χ2v) is 4.48. The van der Waals surface area contributed by atoms with Crippen molar-refractivity contribution in [3.63, 3.8) is 0 Å². The molecule has 0 heterocycles. The summed E-state index contributed by atoms with van der Waals surface area (Å²) >= 11 is 0. The first-order chi connectivity index (χ1) is 9.50. The van der Waals surface area contributed by atoms with Gasteiger partial charge in [0.05, 0.1) is 0 Å². The fraction of sp³-hybridized carbons (Fsp3) is 0.429. The van der Waals surface area contributed by atoms with Gasteiger partial charge in [-0.2, -0.15) is 0 Å². The average molecular weight is 289 g/mol. The van der Waals surface area contributed by atoms with E-state index >= 15 is 0 Å². The summed E-state index contributed by atoms with van der Waals surface area (Å²) in [6.45, 7) is 22.2. The lowest BCUT2D eigenvalue weighted by Gasteiger charge is -2.06. The van der Waals surface area contributed by atoms with Gasteiger partial charge in [-0.1, -0.05) is 104 Å². The van der Waals surface area contributed by atoms with Crippen LogP contribution >= 0.6 is 0 Å². The van der Waals surface area contributed by atoms with E-state index in [9.17, 15) is 0 Å². The topological polar surface area (TPSA) is 0 Å². The van der Waals surface area contributed by atoms with Gasteiger partial charge < -0.3 is 0 Å². The summed E-state index contributed by atoms with van der Waals surface area (Å²) in [7, 11) is 0. The third kappa shape index (κ3) is 10.8. The molecule has 0 nitrogen and oxygen atoms in total. The molecule has 1 aromatic rings. The Hall–Kier alpha value is -1.56. The van der Waals surface area contributed by atoms with Gasteiger partial charge in [-0.25, -0.2) is 0 Å². The summed E-state index contributed by atoms with van der Waals surface area (Å²) in [5.74, 6) is 0.577. The number of allylic oxidation sites excluding steroid dienone is 4. The molecule has 21 heavy (non-hydrogen) atoms. The number of benzene rings is 1. The molecule has 0 fully saturated rings. The van der Waals surface area contributed by atoms with Gasteiger partial charge in [0.1, 0.15) is 0 Å². The largest absolute Gasteiger partial charge is 0.0961 e. The zero-order valence-electron chi connectivity index (χ0n) is 14.5. The molecule has 0 spiro atoms. The Bertz CT molecular complexity index is 402. The third-order valence-corrected chi connectivity index (χ3v) is 2.52. The SMILES string of the molecule is C.C=C(C)/C=C\C(=C)c1ccc(C(C)C)cc1.CC.CC. The Morgan fingerprint density at radius 1 is 0.905 bits per heavy atom. The van der Waals surface area contributed by atoms with Crippen molar-refractivity contribution in [1.82, 2.24) is 0 Å². The summed E-state index contributed by atoms with van der Waals surface area (Å²) in [4.78, 5) is 0. The van der Waals surface area contributed by atoms with Crippen molar-refractivity contribution in [2.24, 2.45) is 0 Å². The summed E-state index contributed by atoms with van der Waals surface area (Å²) in [6.07, 6.45) is 3.99. The second-order valence-electron chi connectivity index (χ2n) is 4.48. The first kappa shape index (κ1) is 24.5. The molecule has 0 N–H and O–H groups in total. The van der Waals surface area contributed by atoms with E-state index in [4.69, 9.17) is 0 Å². The van der Waals surface area contributed by atoms with Crippen molar-refractivity contribution in [2.45, 2.75) is 61.8 Å². The molecule has 0 atom stereocenters. The number of hydrogen-bond acceptors (Lipinski definition) is 0. The van der Waals surface area contributed by atoms with Gasteiger partial charge in [0, 0.05) is 0 Å². The van der Waals surface area contributed by atoms with Gasteiger partial charge in [-0.05, 0) is 29.5 Å². The molecule has 0 aliphatic carbocycles. The molecule has 0 saturated carbocycles. The van der Waals surface area contributed by atoms with Crippen LogP contribution in [0.4, 0.5) is 0 Å². The smallest absolute Gasteiger partial charge is 0.0190 e. The van der Waals surface area contributed by atoms with E-state index in [1.54, 1.807) is 0 Å². The van der Waals surface area contributed by atoms with Crippen LogP contribution in [0.2, 0.25) is 0 Å². The van der Waals surface area contributed by atoms with Crippen molar-refractivity contribution in [3.05, 3.63) is 66.3 Å². The predicted molar refractivity (Wildman–Crippen MR) is 103 cm³/mol. The minimum atomic E-state index is 0. The minimum Gasteiger partial charge on any atom is -0.0961 e. The van der Waals surface area contributed by atoms with E-state index in [-0.39, 0.29) is 7.43 Å². The highest BCUT2D eigenvalue weighted by molar-refractivity contribution is 5.72. The molecule has 120 valence electrons. The Morgan fingerprint density at radius 2 is 1.33 bits per heavy atom. The molecule has 0 saturated heterocycles. The molecule has 0 aromatic heterocycles. The Balaban J connectivity index is -0.000000595. The lowest BCUT2D eigenvalue weighted by atomic mass is 9.99. The molecule has 0 aliphatic rings. The molecule has 0 heteroatoms. The van der Waals surface area contributed by atoms with Crippen molar-refractivity contribution in [2.75, 3.05) is 0 Å². The summed E-state index contributed by atoms with van der Waals surface area (Å²) in [6, 6.07) is 8.58. The summed E-state index contributed by atoms with van der Waals surface area (Å²) in [5, 5.41) is 0. The molecule has 0 aliphatic heterocycles. The number of rotatable bonds is 4. The van der Waals surface area contributed by atoms with E-state index in [2.05, 4.69) is 51.3 Å². The van der Waals surface area contributed by atoms with E-state index < -0.39 is 0 Å². The van der Waals surface area contributed by atoms with Crippen LogP contribution in [-0.4, -0.2) is 0 Å². The van der Waals surface area contributed by atoms with Crippen molar-refractivity contribution in [1.29, 1.82) is 0 Å². The molecule has 0 bridgehead atoms. The van der Waals surface area contributed by atoms with Crippen LogP contribution in [-0.2, 0) is 0 Å². The fourth-order valence-corrected chi connectivity index (χ4v) is 1.42. The highest BCUT2D eigenvalue weighted by Gasteiger charge is 1.99. The van der Waals surface area contributed by atoms with Gasteiger partial charge in [0.2, 0.25) is 0 Å². The van der Waals surface area contributed by atoms with E-state index in [1.165, 1.54) is 11.1 Å². The molecular formula is C21H36. The van der Waals surface area contributed by atoms with Gasteiger partial charge in [0.25, 0.3) is 0 Å². The maximum atomic E-state index is 4.04. The highest BCUT2D eigenvalue weighted by atomic mass is 14.0. The molecule has 1 aromatic carbocycles. The quantitative estimate of drug-likeness (QED) is 0.499. The third-order valence-electron chi connectivity index (χ3n) is 2.52. The van der Waals surface area contributed by atoms with Gasteiger partial charge >= 0.3 is 0 Å². The Labute approximate surface area is 134 Å². The molecule has 0 amide bonds. The zero-order valence-corrected chi connectivity index (χ0v) is 14.5. The molecule has 1 rings (SSSR count). The minimum absolute atomic E-state index is 0. The van der Waals surface area contributed by atoms with Crippen molar-refractivity contribution in [3.8, 4) is 0 Å². The van der Waals surface area contributed by atoms with Crippen LogP contribution in [0.15, 0.2) is 55.1 Å². The Morgan fingerprint density at radius 3 is 1.67 bits per heavy atom. The second kappa shape index (κ2) is 14.8. The summed E-state index contributed by atoms with van der Waals surface area (Å²) < 4.78 is 0. The van der Waals surface area contributed by atoms with Crippen LogP contribution < -0.4 is 0 Å². The highest BCUT2D eigenvalue weighted by Crippen LogP contribution is 2.19. The average Bonchev–Trinajstić information content (AvgIpc) is 2.49. The normalized spacial score (nSPS) is 8.95. The van der Waals surface area contributed by atoms with Crippen molar-refractivity contribution < 1.29 is 0 Å². The fourth-order valence-electron chi connectivity index (χ4n) is 1.42.